The molecule has 0 bridgehead atoms. The Morgan fingerprint density at radius 1 is 0.943 bits per heavy atom. The van der Waals surface area contributed by atoms with Crippen LogP contribution >= 0.6 is 0 Å². The van der Waals surface area contributed by atoms with E-state index in [4.69, 9.17) is 9.84 Å². The number of ether oxygens (including phenoxy) is 1. The SMILES string of the molecule is CC(C)CC(NC(=O)OCC1c2ccccc2-c2ccccc21)C(=O)NCCC(C)CCC(=O)O. The first-order valence-electron chi connectivity index (χ1n) is 12.4. The van der Waals surface area contributed by atoms with E-state index in [1.807, 2.05) is 45.0 Å². The van der Waals surface area contributed by atoms with Gasteiger partial charge in [-0.25, -0.2) is 4.79 Å². The number of carbonyl (C=O) groups excluding carboxylic acids is 2. The molecule has 3 N–H and O–H groups in total. The number of hydrogen-bond donors (Lipinski definition) is 3. The second-order valence-corrected chi connectivity index (χ2v) is 9.77. The summed E-state index contributed by atoms with van der Waals surface area (Å²) in [5.74, 6) is -0.722. The Labute approximate surface area is 207 Å². The lowest BCUT2D eigenvalue weighted by Crippen LogP contribution is -2.48. The van der Waals surface area contributed by atoms with E-state index in [-0.39, 0.29) is 36.7 Å². The van der Waals surface area contributed by atoms with Gasteiger partial charge in [-0.1, -0.05) is 69.3 Å². The van der Waals surface area contributed by atoms with Gasteiger partial charge in [0.05, 0.1) is 0 Å². The van der Waals surface area contributed by atoms with Gasteiger partial charge in [-0.05, 0) is 53.4 Å². The zero-order valence-electron chi connectivity index (χ0n) is 20.8. The molecule has 0 radical (unpaired) electrons. The van der Waals surface area contributed by atoms with Crippen LogP contribution in [0.1, 0.15) is 63.5 Å². The number of benzene rings is 2. The van der Waals surface area contributed by atoms with Gasteiger partial charge in [0.25, 0.3) is 0 Å². The molecule has 0 aliphatic heterocycles. The van der Waals surface area contributed by atoms with Crippen LogP contribution in [0.5, 0.6) is 0 Å². The van der Waals surface area contributed by atoms with E-state index < -0.39 is 18.1 Å². The first-order chi connectivity index (χ1) is 16.8. The average Bonchev–Trinajstić information content (AvgIpc) is 3.14. The van der Waals surface area contributed by atoms with Crippen molar-refractivity contribution in [3.63, 3.8) is 0 Å². The predicted molar refractivity (Wildman–Crippen MR) is 135 cm³/mol. The third kappa shape index (κ3) is 7.31. The van der Waals surface area contributed by atoms with E-state index in [0.29, 0.717) is 25.8 Å². The molecule has 1 aliphatic rings. The van der Waals surface area contributed by atoms with Crippen molar-refractivity contribution >= 4 is 18.0 Å². The lowest BCUT2D eigenvalue weighted by molar-refractivity contribution is -0.137. The van der Waals surface area contributed by atoms with Crippen molar-refractivity contribution in [2.45, 2.75) is 58.4 Å². The highest BCUT2D eigenvalue weighted by Gasteiger charge is 2.30. The number of alkyl carbamates (subject to hydrolysis) is 1. The third-order valence-corrected chi connectivity index (χ3v) is 6.45. The first kappa shape index (κ1) is 26.3. The first-order valence-corrected chi connectivity index (χ1v) is 12.4. The molecule has 0 fully saturated rings. The monoisotopic (exact) mass is 480 g/mol. The van der Waals surface area contributed by atoms with Crippen molar-refractivity contribution < 1.29 is 24.2 Å². The van der Waals surface area contributed by atoms with Gasteiger partial charge in [-0.15, -0.1) is 0 Å². The number of amides is 2. The minimum Gasteiger partial charge on any atom is -0.481 e. The Hall–Kier alpha value is -3.35. The molecule has 2 unspecified atom stereocenters. The van der Waals surface area contributed by atoms with E-state index >= 15 is 0 Å². The van der Waals surface area contributed by atoms with Crippen LogP contribution in [0.3, 0.4) is 0 Å². The van der Waals surface area contributed by atoms with Gasteiger partial charge in [-0.2, -0.15) is 0 Å². The van der Waals surface area contributed by atoms with E-state index in [1.54, 1.807) is 0 Å². The molecule has 2 amide bonds. The predicted octanol–water partition coefficient (Wildman–Crippen LogP) is 4.95. The molecule has 2 aromatic carbocycles. The number of aliphatic carboxylic acids is 1. The molecular formula is C28H36N2O5. The van der Waals surface area contributed by atoms with Crippen LogP contribution < -0.4 is 10.6 Å². The van der Waals surface area contributed by atoms with Crippen molar-refractivity contribution in [2.75, 3.05) is 13.2 Å². The molecule has 0 aromatic heterocycles. The molecule has 0 spiro atoms. The number of carboxylic acids is 1. The van der Waals surface area contributed by atoms with E-state index in [2.05, 4.69) is 34.9 Å². The zero-order chi connectivity index (χ0) is 25.4. The molecule has 0 saturated carbocycles. The number of fused-ring (bicyclic) bond motifs is 3. The smallest absolute Gasteiger partial charge is 0.407 e. The quantitative estimate of drug-likeness (QED) is 0.399. The number of hydrogen-bond acceptors (Lipinski definition) is 4. The average molecular weight is 481 g/mol. The maximum Gasteiger partial charge on any atom is 0.407 e. The molecule has 2 atom stereocenters. The van der Waals surface area contributed by atoms with Gasteiger partial charge in [-0.3, -0.25) is 9.59 Å². The highest BCUT2D eigenvalue weighted by atomic mass is 16.5. The van der Waals surface area contributed by atoms with Gasteiger partial charge in [0, 0.05) is 18.9 Å². The lowest BCUT2D eigenvalue weighted by atomic mass is 9.98. The fourth-order valence-corrected chi connectivity index (χ4v) is 4.56. The number of rotatable bonds is 12. The minimum atomic E-state index is -0.815. The van der Waals surface area contributed by atoms with Gasteiger partial charge >= 0.3 is 12.1 Å². The fourth-order valence-electron chi connectivity index (χ4n) is 4.56. The van der Waals surface area contributed by atoms with Gasteiger partial charge in [0.2, 0.25) is 5.91 Å². The van der Waals surface area contributed by atoms with E-state index in [1.165, 1.54) is 0 Å². The molecule has 7 nitrogen and oxygen atoms in total. The van der Waals surface area contributed by atoms with Crippen molar-refractivity contribution in [3.05, 3.63) is 59.7 Å². The van der Waals surface area contributed by atoms with Gasteiger partial charge < -0.3 is 20.5 Å². The number of nitrogens with one attached hydrogen (secondary N) is 2. The Morgan fingerprint density at radius 2 is 1.54 bits per heavy atom. The van der Waals surface area contributed by atoms with Crippen LogP contribution in [0.15, 0.2) is 48.5 Å². The summed E-state index contributed by atoms with van der Waals surface area (Å²) in [5.41, 5.74) is 4.59. The maximum atomic E-state index is 12.8. The fraction of sp³-hybridized carbons (Fsp3) is 0.464. The number of carboxylic acid groups (broad SMARTS) is 1. The molecule has 0 heterocycles. The topological polar surface area (TPSA) is 105 Å². The summed E-state index contributed by atoms with van der Waals surface area (Å²) in [6.45, 7) is 6.58. The third-order valence-electron chi connectivity index (χ3n) is 6.45. The lowest BCUT2D eigenvalue weighted by Gasteiger charge is -2.21. The van der Waals surface area contributed by atoms with Crippen molar-refractivity contribution in [1.29, 1.82) is 0 Å². The van der Waals surface area contributed by atoms with E-state index in [9.17, 15) is 14.4 Å². The highest BCUT2D eigenvalue weighted by molar-refractivity contribution is 5.85. The van der Waals surface area contributed by atoms with Crippen LogP contribution in [-0.4, -0.2) is 42.3 Å². The normalized spacial score (nSPS) is 14.1. The van der Waals surface area contributed by atoms with Gasteiger partial charge in [0.1, 0.15) is 12.6 Å². The molecule has 188 valence electrons. The van der Waals surface area contributed by atoms with E-state index in [0.717, 1.165) is 22.3 Å². The van der Waals surface area contributed by atoms with Crippen LogP contribution in [0.4, 0.5) is 4.79 Å². The van der Waals surface area contributed by atoms with Crippen LogP contribution in [0, 0.1) is 11.8 Å². The standard InChI is InChI=1S/C28H36N2O5/c1-18(2)16-25(27(33)29-15-14-19(3)12-13-26(31)32)30-28(34)35-17-24-22-10-6-4-8-20(22)21-9-5-7-11-23(21)24/h4-11,18-19,24-25H,12-17H2,1-3H3,(H,29,33)(H,30,34)(H,31,32). The largest absolute Gasteiger partial charge is 0.481 e. The van der Waals surface area contributed by atoms with Crippen LogP contribution in [0.25, 0.3) is 11.1 Å². The summed E-state index contributed by atoms with van der Waals surface area (Å²) >= 11 is 0. The van der Waals surface area contributed by atoms with Crippen LogP contribution in [-0.2, 0) is 14.3 Å². The summed E-state index contributed by atoms with van der Waals surface area (Å²) in [6.07, 6.45) is 1.25. The molecule has 35 heavy (non-hydrogen) atoms. The Bertz CT molecular complexity index is 990. The zero-order valence-corrected chi connectivity index (χ0v) is 20.8. The minimum absolute atomic E-state index is 0.0437. The van der Waals surface area contributed by atoms with Crippen LogP contribution in [0.2, 0.25) is 0 Å². The highest BCUT2D eigenvalue weighted by Crippen LogP contribution is 2.44. The van der Waals surface area contributed by atoms with Crippen molar-refractivity contribution in [1.82, 2.24) is 10.6 Å². The molecule has 2 aromatic rings. The summed E-state index contributed by atoms with van der Waals surface area (Å²) in [5, 5.41) is 14.4. The Kier molecular flexibility index (Phi) is 9.29. The second kappa shape index (κ2) is 12.4. The summed E-state index contributed by atoms with van der Waals surface area (Å²) in [4.78, 5) is 36.2. The van der Waals surface area contributed by atoms with Crippen molar-refractivity contribution in [2.24, 2.45) is 11.8 Å². The maximum absolute atomic E-state index is 12.8. The van der Waals surface area contributed by atoms with Gasteiger partial charge in [0.15, 0.2) is 0 Å². The summed E-state index contributed by atoms with van der Waals surface area (Å²) in [6, 6.07) is 15.6. The Morgan fingerprint density at radius 3 is 2.11 bits per heavy atom. The van der Waals surface area contributed by atoms with Crippen molar-refractivity contribution in [3.8, 4) is 11.1 Å². The molecule has 0 saturated heterocycles. The number of carbonyl (C=O) groups is 3. The molecule has 7 heteroatoms. The summed E-state index contributed by atoms with van der Waals surface area (Å²) in [7, 11) is 0. The molecular weight excluding hydrogens is 444 g/mol. The molecule has 1 aliphatic carbocycles. The molecule has 3 rings (SSSR count). The Balaban J connectivity index is 1.54. The second-order valence-electron chi connectivity index (χ2n) is 9.77. The summed E-state index contributed by atoms with van der Waals surface area (Å²) < 4.78 is 5.61.